The third kappa shape index (κ3) is 5.65. The maximum absolute atomic E-state index is 13.8. The quantitative estimate of drug-likeness (QED) is 0.422. The highest BCUT2D eigenvalue weighted by Gasteiger charge is 2.38. The molecule has 1 amide bonds. The number of benzene rings is 2. The SMILES string of the molecule is Cc1ccccc1C1CN(Cc2cccnc2)CC1CN(C(=O)c1ccccc1)C1CCCCC1. The number of aryl methyl sites for hydroxylation is 1. The molecule has 5 rings (SSSR count). The predicted octanol–water partition coefficient (Wildman–Crippen LogP) is 6.08. The molecule has 1 aliphatic carbocycles. The first-order chi connectivity index (χ1) is 17.2. The average Bonchev–Trinajstić information content (AvgIpc) is 3.30. The maximum atomic E-state index is 13.8. The van der Waals surface area contributed by atoms with E-state index in [1.54, 1.807) is 0 Å². The lowest BCUT2D eigenvalue weighted by Gasteiger charge is -2.37. The van der Waals surface area contributed by atoms with Gasteiger partial charge in [-0.3, -0.25) is 14.7 Å². The van der Waals surface area contributed by atoms with Crippen molar-refractivity contribution < 1.29 is 4.79 Å². The molecule has 1 aromatic heterocycles. The van der Waals surface area contributed by atoms with Gasteiger partial charge in [0.15, 0.2) is 0 Å². The van der Waals surface area contributed by atoms with Crippen molar-refractivity contribution in [2.45, 2.75) is 57.5 Å². The third-order valence-electron chi connectivity index (χ3n) is 7.96. The molecule has 1 saturated carbocycles. The zero-order valence-electron chi connectivity index (χ0n) is 20.9. The van der Waals surface area contributed by atoms with Gasteiger partial charge in [0, 0.05) is 56.1 Å². The van der Waals surface area contributed by atoms with E-state index in [1.807, 2.05) is 48.8 Å². The van der Waals surface area contributed by atoms with Gasteiger partial charge in [-0.1, -0.05) is 67.8 Å². The summed E-state index contributed by atoms with van der Waals surface area (Å²) in [6.07, 6.45) is 9.80. The Kier molecular flexibility index (Phi) is 7.58. The van der Waals surface area contributed by atoms with E-state index in [9.17, 15) is 4.79 Å². The number of hydrogen-bond acceptors (Lipinski definition) is 3. The van der Waals surface area contributed by atoms with Gasteiger partial charge < -0.3 is 4.90 Å². The van der Waals surface area contributed by atoms with E-state index in [2.05, 4.69) is 52.0 Å². The largest absolute Gasteiger partial charge is 0.335 e. The second-order valence-corrected chi connectivity index (χ2v) is 10.4. The van der Waals surface area contributed by atoms with Crippen LogP contribution in [0.5, 0.6) is 0 Å². The Bertz CT molecular complexity index is 1090. The number of amides is 1. The lowest BCUT2D eigenvalue weighted by molar-refractivity contribution is 0.0588. The number of carbonyl (C=O) groups excluding carboxylic acids is 1. The van der Waals surface area contributed by atoms with E-state index in [4.69, 9.17) is 0 Å². The number of pyridine rings is 1. The lowest BCUT2D eigenvalue weighted by Crippen LogP contribution is -2.45. The summed E-state index contributed by atoms with van der Waals surface area (Å²) in [6, 6.07) is 23.2. The minimum absolute atomic E-state index is 0.201. The second kappa shape index (κ2) is 11.2. The third-order valence-corrected chi connectivity index (χ3v) is 7.96. The molecule has 2 unspecified atom stereocenters. The second-order valence-electron chi connectivity index (χ2n) is 10.4. The van der Waals surface area contributed by atoms with Gasteiger partial charge in [0.1, 0.15) is 0 Å². The van der Waals surface area contributed by atoms with Crippen LogP contribution in [0.3, 0.4) is 0 Å². The Morgan fingerprint density at radius 3 is 2.46 bits per heavy atom. The topological polar surface area (TPSA) is 36.4 Å². The monoisotopic (exact) mass is 467 g/mol. The number of nitrogens with zero attached hydrogens (tertiary/aromatic N) is 3. The summed E-state index contributed by atoms with van der Waals surface area (Å²) in [5.74, 6) is 1.02. The Balaban J connectivity index is 1.43. The van der Waals surface area contributed by atoms with Crippen molar-refractivity contribution in [3.8, 4) is 0 Å². The summed E-state index contributed by atoms with van der Waals surface area (Å²) in [5.41, 5.74) is 4.85. The molecule has 4 heteroatoms. The Morgan fingerprint density at radius 1 is 0.943 bits per heavy atom. The summed E-state index contributed by atoms with van der Waals surface area (Å²) in [6.45, 7) is 5.97. The molecule has 1 aliphatic heterocycles. The predicted molar refractivity (Wildman–Crippen MR) is 141 cm³/mol. The number of carbonyl (C=O) groups is 1. The van der Waals surface area contributed by atoms with Gasteiger partial charge in [-0.2, -0.15) is 0 Å². The number of likely N-dealkylation sites (tertiary alicyclic amines) is 1. The van der Waals surface area contributed by atoms with Gasteiger partial charge in [0.05, 0.1) is 0 Å². The smallest absolute Gasteiger partial charge is 0.254 e. The summed E-state index contributed by atoms with van der Waals surface area (Å²) in [4.78, 5) is 23.0. The number of hydrogen-bond donors (Lipinski definition) is 0. The molecule has 35 heavy (non-hydrogen) atoms. The van der Waals surface area contributed by atoms with Crippen molar-refractivity contribution in [3.05, 3.63) is 101 Å². The Hall–Kier alpha value is -2.98. The van der Waals surface area contributed by atoms with Gasteiger partial charge >= 0.3 is 0 Å². The van der Waals surface area contributed by atoms with Crippen molar-refractivity contribution in [2.75, 3.05) is 19.6 Å². The van der Waals surface area contributed by atoms with Crippen LogP contribution in [0.25, 0.3) is 0 Å². The molecule has 0 bridgehead atoms. The van der Waals surface area contributed by atoms with Gasteiger partial charge in [-0.05, 0) is 60.6 Å². The fraction of sp³-hybridized carbons (Fsp3) is 0.419. The molecule has 1 saturated heterocycles. The van der Waals surface area contributed by atoms with Crippen LogP contribution in [-0.2, 0) is 6.54 Å². The van der Waals surface area contributed by atoms with Crippen LogP contribution in [0, 0.1) is 12.8 Å². The van der Waals surface area contributed by atoms with Crippen molar-refractivity contribution in [1.29, 1.82) is 0 Å². The van der Waals surface area contributed by atoms with Crippen LogP contribution in [0.2, 0.25) is 0 Å². The molecule has 0 N–H and O–H groups in total. The van der Waals surface area contributed by atoms with Crippen LogP contribution in [-0.4, -0.2) is 46.4 Å². The highest BCUT2D eigenvalue weighted by atomic mass is 16.2. The maximum Gasteiger partial charge on any atom is 0.254 e. The zero-order valence-corrected chi connectivity index (χ0v) is 20.9. The fourth-order valence-electron chi connectivity index (χ4n) is 6.17. The molecule has 2 aliphatic rings. The van der Waals surface area contributed by atoms with Crippen LogP contribution >= 0.6 is 0 Å². The molecular weight excluding hydrogens is 430 g/mol. The van der Waals surface area contributed by atoms with Gasteiger partial charge in [0.2, 0.25) is 0 Å². The van der Waals surface area contributed by atoms with Gasteiger partial charge in [-0.15, -0.1) is 0 Å². The van der Waals surface area contributed by atoms with E-state index in [1.165, 1.54) is 36.0 Å². The van der Waals surface area contributed by atoms with Crippen molar-refractivity contribution in [3.63, 3.8) is 0 Å². The first-order valence-electron chi connectivity index (χ1n) is 13.2. The standard InChI is InChI=1S/C31H37N3O/c1-24-11-8-9-17-29(24)30-23-33(20-25-12-10-18-32-19-25)21-27(30)22-34(28-15-6-3-7-16-28)31(35)26-13-4-2-5-14-26/h2,4-5,8-14,17-19,27-28,30H,3,6-7,15-16,20-23H2,1H3. The summed E-state index contributed by atoms with van der Waals surface area (Å²) >= 11 is 0. The molecule has 0 spiro atoms. The van der Waals surface area contributed by atoms with E-state index in [0.717, 1.165) is 44.6 Å². The normalized spacial score (nSPS) is 21.2. The van der Waals surface area contributed by atoms with Crippen molar-refractivity contribution in [2.24, 2.45) is 5.92 Å². The van der Waals surface area contributed by atoms with Gasteiger partial charge in [0.25, 0.3) is 5.91 Å². The molecule has 2 heterocycles. The van der Waals surface area contributed by atoms with Crippen LogP contribution in [0.4, 0.5) is 0 Å². The summed E-state index contributed by atoms with van der Waals surface area (Å²) in [7, 11) is 0. The summed E-state index contributed by atoms with van der Waals surface area (Å²) < 4.78 is 0. The first-order valence-corrected chi connectivity index (χ1v) is 13.2. The van der Waals surface area contributed by atoms with E-state index < -0.39 is 0 Å². The Labute approximate surface area is 210 Å². The molecule has 4 nitrogen and oxygen atoms in total. The average molecular weight is 468 g/mol. The number of rotatable bonds is 7. The molecule has 3 aromatic rings. The van der Waals surface area contributed by atoms with Crippen LogP contribution in [0.15, 0.2) is 79.1 Å². The minimum atomic E-state index is 0.201. The van der Waals surface area contributed by atoms with Crippen molar-refractivity contribution in [1.82, 2.24) is 14.8 Å². The molecule has 182 valence electrons. The van der Waals surface area contributed by atoms with Crippen LogP contribution in [0.1, 0.15) is 65.1 Å². The zero-order chi connectivity index (χ0) is 24.0. The Morgan fingerprint density at radius 2 is 1.71 bits per heavy atom. The van der Waals surface area contributed by atoms with E-state index >= 15 is 0 Å². The van der Waals surface area contributed by atoms with Gasteiger partial charge in [-0.25, -0.2) is 0 Å². The molecule has 0 radical (unpaired) electrons. The molecular formula is C31H37N3O. The molecule has 2 aromatic carbocycles. The fourth-order valence-corrected chi connectivity index (χ4v) is 6.17. The van der Waals surface area contributed by atoms with Crippen LogP contribution < -0.4 is 0 Å². The molecule has 2 fully saturated rings. The molecule has 2 atom stereocenters. The lowest BCUT2D eigenvalue weighted by atomic mass is 9.85. The highest BCUT2D eigenvalue weighted by Crippen LogP contribution is 2.37. The van der Waals surface area contributed by atoms with E-state index in [0.29, 0.717) is 17.9 Å². The minimum Gasteiger partial charge on any atom is -0.335 e. The highest BCUT2D eigenvalue weighted by molar-refractivity contribution is 5.94. The number of aromatic nitrogens is 1. The van der Waals surface area contributed by atoms with E-state index in [-0.39, 0.29) is 5.91 Å². The van der Waals surface area contributed by atoms with Crippen molar-refractivity contribution >= 4 is 5.91 Å². The summed E-state index contributed by atoms with van der Waals surface area (Å²) in [5, 5.41) is 0. The first kappa shape index (κ1) is 23.7.